The molecule has 0 radical (unpaired) electrons. The third kappa shape index (κ3) is 2.80. The summed E-state index contributed by atoms with van der Waals surface area (Å²) in [5, 5.41) is 12.8. The lowest BCUT2D eigenvalue weighted by Gasteiger charge is -2.09. The summed E-state index contributed by atoms with van der Waals surface area (Å²) in [5.74, 6) is 0. The molecule has 2 aromatic rings. The molecular formula is C16H14N2O. The smallest absolute Gasteiger partial charge is 0.106 e. The van der Waals surface area contributed by atoms with Gasteiger partial charge in [-0.2, -0.15) is 5.26 Å². The average molecular weight is 250 g/mol. The van der Waals surface area contributed by atoms with E-state index in [4.69, 9.17) is 10.1 Å². The van der Waals surface area contributed by atoms with Crippen LogP contribution < -0.4 is 0 Å². The molecule has 94 valence electrons. The van der Waals surface area contributed by atoms with Crippen LogP contribution in [0.1, 0.15) is 18.1 Å². The Bertz CT molecular complexity index is 637. The first-order valence-electron chi connectivity index (χ1n) is 5.94. The highest BCUT2D eigenvalue weighted by atomic mass is 16.6. The van der Waals surface area contributed by atoms with Crippen molar-refractivity contribution in [3.05, 3.63) is 59.7 Å². The Morgan fingerprint density at radius 1 is 1.11 bits per heavy atom. The van der Waals surface area contributed by atoms with E-state index in [0.29, 0.717) is 5.56 Å². The van der Waals surface area contributed by atoms with Gasteiger partial charge in [-0.05, 0) is 30.2 Å². The van der Waals surface area contributed by atoms with E-state index in [0.717, 1.165) is 22.4 Å². The van der Waals surface area contributed by atoms with E-state index in [-0.39, 0.29) is 0 Å². The van der Waals surface area contributed by atoms with Crippen LogP contribution in [0.25, 0.3) is 11.1 Å². The fraction of sp³-hybridized carbons (Fsp3) is 0.125. The first kappa shape index (κ1) is 12.8. The van der Waals surface area contributed by atoms with Crippen molar-refractivity contribution in [1.82, 2.24) is 0 Å². The highest BCUT2D eigenvalue weighted by Crippen LogP contribution is 2.24. The summed E-state index contributed by atoms with van der Waals surface area (Å²) in [4.78, 5) is 4.83. The molecule has 0 amide bonds. The van der Waals surface area contributed by atoms with Gasteiger partial charge in [-0.25, -0.2) is 0 Å². The second-order valence-electron chi connectivity index (χ2n) is 4.09. The molecule has 0 aromatic heterocycles. The summed E-state index contributed by atoms with van der Waals surface area (Å²) in [6.07, 6.45) is 0. The van der Waals surface area contributed by atoms with E-state index in [1.54, 1.807) is 0 Å². The van der Waals surface area contributed by atoms with Crippen LogP contribution in [0.3, 0.4) is 0 Å². The van der Waals surface area contributed by atoms with Gasteiger partial charge in [0.05, 0.1) is 17.3 Å². The Balaban J connectivity index is 2.50. The van der Waals surface area contributed by atoms with Crippen molar-refractivity contribution in [2.75, 3.05) is 7.11 Å². The predicted octanol–water partition coefficient (Wildman–Crippen LogP) is 3.60. The predicted molar refractivity (Wildman–Crippen MR) is 75.8 cm³/mol. The fourth-order valence-electron chi connectivity index (χ4n) is 1.96. The molecule has 0 fully saturated rings. The molecule has 0 saturated carbocycles. The van der Waals surface area contributed by atoms with Crippen LogP contribution >= 0.6 is 0 Å². The fourth-order valence-corrected chi connectivity index (χ4v) is 1.96. The number of nitrogens with zero attached hydrogens (tertiary/aromatic N) is 2. The van der Waals surface area contributed by atoms with Gasteiger partial charge in [0, 0.05) is 5.56 Å². The van der Waals surface area contributed by atoms with Gasteiger partial charge in [0.15, 0.2) is 0 Å². The van der Waals surface area contributed by atoms with Gasteiger partial charge >= 0.3 is 0 Å². The Morgan fingerprint density at radius 3 is 2.42 bits per heavy atom. The molecule has 0 aliphatic carbocycles. The van der Waals surface area contributed by atoms with Crippen molar-refractivity contribution >= 4 is 5.71 Å². The largest absolute Gasteiger partial charge is 0.399 e. The maximum Gasteiger partial charge on any atom is 0.106 e. The summed E-state index contributed by atoms with van der Waals surface area (Å²) in [6.45, 7) is 1.91. The van der Waals surface area contributed by atoms with Crippen LogP contribution in [-0.4, -0.2) is 12.8 Å². The van der Waals surface area contributed by atoms with Gasteiger partial charge in [0.25, 0.3) is 0 Å². The number of nitriles is 1. The highest BCUT2D eigenvalue weighted by molar-refractivity contribution is 6.04. The van der Waals surface area contributed by atoms with Crippen LogP contribution in [0.5, 0.6) is 0 Å². The van der Waals surface area contributed by atoms with Crippen molar-refractivity contribution in [1.29, 1.82) is 5.26 Å². The van der Waals surface area contributed by atoms with Crippen LogP contribution in [0, 0.1) is 11.3 Å². The van der Waals surface area contributed by atoms with Gasteiger partial charge in [-0.3, -0.25) is 0 Å². The molecule has 0 aliphatic heterocycles. The quantitative estimate of drug-likeness (QED) is 0.617. The minimum atomic E-state index is 0.656. The molecule has 0 atom stereocenters. The van der Waals surface area contributed by atoms with Gasteiger partial charge in [0.2, 0.25) is 0 Å². The van der Waals surface area contributed by atoms with Crippen molar-refractivity contribution in [3.63, 3.8) is 0 Å². The van der Waals surface area contributed by atoms with E-state index in [9.17, 15) is 0 Å². The Hall–Kier alpha value is -2.60. The topological polar surface area (TPSA) is 45.4 Å². The van der Waals surface area contributed by atoms with Crippen molar-refractivity contribution in [3.8, 4) is 17.2 Å². The van der Waals surface area contributed by atoms with Crippen LogP contribution in [0.4, 0.5) is 0 Å². The minimum Gasteiger partial charge on any atom is -0.399 e. The van der Waals surface area contributed by atoms with Crippen molar-refractivity contribution < 1.29 is 4.84 Å². The molecular weight excluding hydrogens is 236 g/mol. The number of hydrogen-bond acceptors (Lipinski definition) is 3. The lowest BCUT2D eigenvalue weighted by molar-refractivity contribution is 0.213. The molecule has 0 spiro atoms. The summed E-state index contributed by atoms with van der Waals surface area (Å²) in [6, 6.07) is 17.6. The second-order valence-corrected chi connectivity index (χ2v) is 4.09. The summed E-state index contributed by atoms with van der Waals surface area (Å²) >= 11 is 0. The molecule has 0 bridgehead atoms. The molecule has 0 N–H and O–H groups in total. The number of hydrogen-bond donors (Lipinski definition) is 0. The average Bonchev–Trinajstić information content (AvgIpc) is 2.47. The maximum absolute atomic E-state index is 8.83. The molecule has 3 heteroatoms. The van der Waals surface area contributed by atoms with Crippen LogP contribution in [0.15, 0.2) is 53.7 Å². The van der Waals surface area contributed by atoms with Crippen LogP contribution in [0.2, 0.25) is 0 Å². The molecule has 0 saturated heterocycles. The number of rotatable bonds is 3. The lowest BCUT2D eigenvalue weighted by atomic mass is 9.96. The number of benzene rings is 2. The van der Waals surface area contributed by atoms with E-state index >= 15 is 0 Å². The zero-order valence-electron chi connectivity index (χ0n) is 10.9. The summed E-state index contributed by atoms with van der Waals surface area (Å²) < 4.78 is 0. The zero-order chi connectivity index (χ0) is 13.7. The summed E-state index contributed by atoms with van der Waals surface area (Å²) in [5.41, 5.74) is 4.63. The SMILES string of the molecule is CO/N=C(\C)c1ccccc1-c1ccc(C#N)cc1. The van der Waals surface area contributed by atoms with Gasteiger partial charge in [0.1, 0.15) is 7.11 Å². The normalized spacial score (nSPS) is 10.9. The standard InChI is InChI=1S/C16H14N2O/c1-12(18-19-2)15-5-3-4-6-16(15)14-9-7-13(11-17)8-10-14/h3-10H,1-2H3/b18-12+. The minimum absolute atomic E-state index is 0.656. The van der Waals surface area contributed by atoms with Gasteiger partial charge < -0.3 is 4.84 Å². The van der Waals surface area contributed by atoms with Gasteiger partial charge in [-0.15, -0.1) is 0 Å². The van der Waals surface area contributed by atoms with Crippen molar-refractivity contribution in [2.45, 2.75) is 6.92 Å². The van der Waals surface area contributed by atoms with E-state index in [1.807, 2.05) is 55.5 Å². The van der Waals surface area contributed by atoms with Crippen molar-refractivity contribution in [2.24, 2.45) is 5.16 Å². The zero-order valence-corrected chi connectivity index (χ0v) is 10.9. The molecule has 2 aromatic carbocycles. The van der Waals surface area contributed by atoms with E-state index < -0.39 is 0 Å². The third-order valence-electron chi connectivity index (χ3n) is 2.87. The monoisotopic (exact) mass is 250 g/mol. The molecule has 0 unspecified atom stereocenters. The molecule has 0 aliphatic rings. The Kier molecular flexibility index (Phi) is 3.94. The molecule has 3 nitrogen and oxygen atoms in total. The Morgan fingerprint density at radius 2 is 1.79 bits per heavy atom. The van der Waals surface area contributed by atoms with E-state index in [1.165, 1.54) is 7.11 Å². The first-order valence-corrected chi connectivity index (χ1v) is 5.94. The first-order chi connectivity index (χ1) is 9.26. The summed E-state index contributed by atoms with van der Waals surface area (Å²) in [7, 11) is 1.54. The van der Waals surface area contributed by atoms with Gasteiger partial charge in [-0.1, -0.05) is 41.6 Å². The molecule has 19 heavy (non-hydrogen) atoms. The number of oxime groups is 1. The second kappa shape index (κ2) is 5.83. The lowest BCUT2D eigenvalue weighted by Crippen LogP contribution is -1.98. The van der Waals surface area contributed by atoms with E-state index in [2.05, 4.69) is 11.2 Å². The highest BCUT2D eigenvalue weighted by Gasteiger charge is 2.07. The molecule has 2 rings (SSSR count). The maximum atomic E-state index is 8.83. The molecule has 0 heterocycles. The third-order valence-corrected chi connectivity index (χ3v) is 2.87. The Labute approximate surface area is 112 Å². The van der Waals surface area contributed by atoms with Crippen LogP contribution in [-0.2, 0) is 4.84 Å².